The lowest BCUT2D eigenvalue weighted by Crippen LogP contribution is -2.78. The van der Waals surface area contributed by atoms with Crippen molar-refractivity contribution in [3.8, 4) is 0 Å². The van der Waals surface area contributed by atoms with Gasteiger partial charge >= 0.3 is 0 Å². The molecule has 1 saturated heterocycles. The zero-order valence-corrected chi connectivity index (χ0v) is 14.4. The molecule has 22 heavy (non-hydrogen) atoms. The van der Waals surface area contributed by atoms with Gasteiger partial charge in [-0.25, -0.2) is 5.01 Å². The largest absolute Gasteiger partial charge is 0.270 e. The molecule has 118 valence electrons. The second kappa shape index (κ2) is 4.78. The fourth-order valence-corrected chi connectivity index (χ4v) is 4.94. The Morgan fingerprint density at radius 3 is 2.59 bits per heavy atom. The van der Waals surface area contributed by atoms with Crippen molar-refractivity contribution in [1.82, 2.24) is 5.01 Å². The molecule has 2 bridgehead atoms. The van der Waals surface area contributed by atoms with Gasteiger partial charge in [-0.3, -0.25) is 9.80 Å². The first-order valence-corrected chi connectivity index (χ1v) is 8.74. The van der Waals surface area contributed by atoms with Gasteiger partial charge in [0, 0.05) is 0 Å². The number of hydrogen-bond acceptors (Lipinski definition) is 2. The zero-order valence-electron chi connectivity index (χ0n) is 12.9. The number of hydrazine groups is 1. The number of amides is 1. The van der Waals surface area contributed by atoms with Gasteiger partial charge in [0.2, 0.25) is 0 Å². The molecule has 3 nitrogen and oxygen atoms in total. The molecule has 3 fully saturated rings. The molecule has 0 N–H and O–H groups in total. The molecular weight excluding hydrogens is 319 g/mol. The third-order valence-corrected chi connectivity index (χ3v) is 6.46. The number of carbonyl (C=O) groups is 1. The minimum atomic E-state index is -0.559. The zero-order chi connectivity index (χ0) is 15.6. The van der Waals surface area contributed by atoms with Crippen LogP contribution in [0.2, 0.25) is 10.0 Å². The van der Waals surface area contributed by atoms with E-state index < -0.39 is 5.54 Å². The van der Waals surface area contributed by atoms with Crippen LogP contribution >= 0.6 is 23.2 Å². The van der Waals surface area contributed by atoms with Crippen LogP contribution in [0.15, 0.2) is 18.2 Å². The molecule has 1 aliphatic heterocycles. The van der Waals surface area contributed by atoms with Crippen LogP contribution in [-0.4, -0.2) is 22.5 Å². The van der Waals surface area contributed by atoms with Crippen LogP contribution in [0.4, 0.5) is 5.69 Å². The molecule has 0 radical (unpaired) electrons. The normalized spacial score (nSPS) is 32.5. The Labute approximate surface area is 141 Å². The number of anilines is 1. The molecule has 2 aliphatic carbocycles. The molecule has 3 atom stereocenters. The molecule has 1 heterocycles. The summed E-state index contributed by atoms with van der Waals surface area (Å²) < 4.78 is 0. The van der Waals surface area contributed by atoms with Crippen molar-refractivity contribution >= 4 is 34.8 Å². The Kier molecular flexibility index (Phi) is 3.18. The maximum absolute atomic E-state index is 12.7. The third-order valence-electron chi connectivity index (χ3n) is 5.65. The van der Waals surface area contributed by atoms with Crippen LogP contribution in [0.5, 0.6) is 0 Å². The van der Waals surface area contributed by atoms with Crippen LogP contribution in [-0.2, 0) is 4.79 Å². The molecule has 5 heteroatoms. The van der Waals surface area contributed by atoms with Crippen molar-refractivity contribution in [2.45, 2.75) is 51.1 Å². The highest BCUT2D eigenvalue weighted by molar-refractivity contribution is 6.43. The highest BCUT2D eigenvalue weighted by atomic mass is 35.5. The van der Waals surface area contributed by atoms with Crippen molar-refractivity contribution in [1.29, 1.82) is 0 Å². The standard InChI is InChI=1S/C17H20Cl2N2O/c1-17(2)16(22)20(14-9-10-6-7-11(14)8-10)21(17)13-5-3-4-12(18)15(13)19/h3-5,10-11,14H,6-9H2,1-2H3. The van der Waals surface area contributed by atoms with Crippen LogP contribution < -0.4 is 5.01 Å². The summed E-state index contributed by atoms with van der Waals surface area (Å²) in [6.07, 6.45) is 4.97. The number of fused-ring (bicyclic) bond motifs is 2. The van der Waals surface area contributed by atoms with Crippen molar-refractivity contribution in [2.24, 2.45) is 11.8 Å². The van der Waals surface area contributed by atoms with Crippen LogP contribution in [0.25, 0.3) is 0 Å². The summed E-state index contributed by atoms with van der Waals surface area (Å²) >= 11 is 12.6. The van der Waals surface area contributed by atoms with Gasteiger partial charge in [0.1, 0.15) is 5.54 Å². The second-order valence-corrected chi connectivity index (χ2v) is 8.12. The summed E-state index contributed by atoms with van der Waals surface area (Å²) in [6.45, 7) is 3.91. The van der Waals surface area contributed by atoms with E-state index in [4.69, 9.17) is 23.2 Å². The molecule has 3 unspecified atom stereocenters. The minimum Gasteiger partial charge on any atom is -0.270 e. The average molecular weight is 339 g/mol. The summed E-state index contributed by atoms with van der Waals surface area (Å²) in [5, 5.41) is 5.08. The van der Waals surface area contributed by atoms with Crippen LogP contribution in [0, 0.1) is 11.8 Å². The molecule has 0 aromatic heterocycles. The fourth-order valence-electron chi connectivity index (χ4n) is 4.57. The number of benzene rings is 1. The van der Waals surface area contributed by atoms with Crippen molar-refractivity contribution < 1.29 is 4.79 Å². The van der Waals surface area contributed by atoms with E-state index in [9.17, 15) is 4.79 Å². The van der Waals surface area contributed by atoms with E-state index in [1.807, 2.05) is 31.0 Å². The molecule has 3 aliphatic rings. The van der Waals surface area contributed by atoms with E-state index >= 15 is 0 Å². The molecule has 0 spiro atoms. The third kappa shape index (κ3) is 1.85. The van der Waals surface area contributed by atoms with E-state index in [0.29, 0.717) is 22.0 Å². The van der Waals surface area contributed by atoms with Crippen molar-refractivity contribution in [3.05, 3.63) is 28.2 Å². The Balaban J connectivity index is 1.72. The Morgan fingerprint density at radius 2 is 1.95 bits per heavy atom. The Bertz CT molecular complexity index is 646. The maximum atomic E-state index is 12.7. The van der Waals surface area contributed by atoms with Crippen LogP contribution in [0.3, 0.4) is 0 Å². The van der Waals surface area contributed by atoms with Crippen molar-refractivity contribution in [3.63, 3.8) is 0 Å². The number of nitrogens with zero attached hydrogens (tertiary/aromatic N) is 2. The molecule has 4 rings (SSSR count). The summed E-state index contributed by atoms with van der Waals surface area (Å²) in [5.74, 6) is 1.63. The van der Waals surface area contributed by atoms with Gasteiger partial charge in [-0.2, -0.15) is 0 Å². The Morgan fingerprint density at radius 1 is 1.18 bits per heavy atom. The second-order valence-electron chi connectivity index (χ2n) is 7.34. The first-order chi connectivity index (χ1) is 10.4. The molecule has 1 aromatic carbocycles. The SMILES string of the molecule is CC1(C)C(=O)N(C2CC3CCC2C3)N1c1cccc(Cl)c1Cl. The summed E-state index contributed by atoms with van der Waals surface area (Å²) in [5.41, 5.74) is 0.275. The van der Waals surface area contributed by atoms with E-state index in [-0.39, 0.29) is 5.91 Å². The maximum Gasteiger partial charge on any atom is 0.268 e. The van der Waals surface area contributed by atoms with Crippen LogP contribution in [0.1, 0.15) is 39.5 Å². The number of rotatable bonds is 2. The van der Waals surface area contributed by atoms with Gasteiger partial charge in [0.25, 0.3) is 5.91 Å². The molecule has 1 amide bonds. The quantitative estimate of drug-likeness (QED) is 0.791. The summed E-state index contributed by atoms with van der Waals surface area (Å²) in [4.78, 5) is 12.7. The van der Waals surface area contributed by atoms with E-state index in [2.05, 4.69) is 5.01 Å². The number of hydrogen-bond donors (Lipinski definition) is 0. The first kappa shape index (κ1) is 14.6. The lowest BCUT2D eigenvalue weighted by Gasteiger charge is -2.60. The topological polar surface area (TPSA) is 23.6 Å². The lowest BCUT2D eigenvalue weighted by atomic mass is 9.88. The molecular formula is C17H20Cl2N2O. The average Bonchev–Trinajstić information content (AvgIpc) is 3.10. The predicted octanol–water partition coefficient (Wildman–Crippen LogP) is 4.52. The van der Waals surface area contributed by atoms with Gasteiger partial charge in [-0.05, 0) is 57.1 Å². The fraction of sp³-hybridized carbons (Fsp3) is 0.588. The van der Waals surface area contributed by atoms with Gasteiger partial charge in [0.05, 0.1) is 21.8 Å². The predicted molar refractivity (Wildman–Crippen MR) is 89.1 cm³/mol. The molecule has 2 saturated carbocycles. The van der Waals surface area contributed by atoms with Gasteiger partial charge in [-0.15, -0.1) is 0 Å². The highest BCUT2D eigenvalue weighted by Crippen LogP contribution is 2.52. The van der Waals surface area contributed by atoms with E-state index in [1.54, 1.807) is 6.07 Å². The monoisotopic (exact) mass is 338 g/mol. The summed E-state index contributed by atoms with van der Waals surface area (Å²) in [6, 6.07) is 5.95. The minimum absolute atomic E-state index is 0.195. The summed E-state index contributed by atoms with van der Waals surface area (Å²) in [7, 11) is 0. The first-order valence-electron chi connectivity index (χ1n) is 7.99. The van der Waals surface area contributed by atoms with Gasteiger partial charge in [-0.1, -0.05) is 35.7 Å². The smallest absolute Gasteiger partial charge is 0.268 e. The van der Waals surface area contributed by atoms with Gasteiger partial charge < -0.3 is 0 Å². The van der Waals surface area contributed by atoms with Crippen molar-refractivity contribution in [2.75, 3.05) is 5.01 Å². The lowest BCUT2D eigenvalue weighted by molar-refractivity contribution is -0.157. The Hall–Kier alpha value is -0.930. The highest BCUT2D eigenvalue weighted by Gasteiger charge is 2.59. The van der Waals surface area contributed by atoms with Gasteiger partial charge in [0.15, 0.2) is 0 Å². The molecule has 1 aromatic rings. The number of halogens is 2. The van der Waals surface area contributed by atoms with E-state index in [1.165, 1.54) is 19.3 Å². The van der Waals surface area contributed by atoms with E-state index in [0.717, 1.165) is 18.0 Å². The number of carbonyl (C=O) groups excluding carboxylic acids is 1.